The first kappa shape index (κ1) is 23.5. The molecule has 1 N–H and O–H groups in total. The summed E-state index contributed by atoms with van der Waals surface area (Å²) < 4.78 is 11.2. The molecule has 3 aromatic rings. The molecular formula is C27H32N4O3. The zero-order valence-electron chi connectivity index (χ0n) is 19.9. The number of benzene rings is 2. The van der Waals surface area contributed by atoms with Crippen LogP contribution < -0.4 is 19.7 Å². The molecular weight excluding hydrogens is 428 g/mol. The van der Waals surface area contributed by atoms with E-state index in [1.54, 1.807) is 18.2 Å². The molecule has 1 aliphatic rings. The fraction of sp³-hybridized carbons (Fsp3) is 0.370. The number of rotatable bonds is 8. The second-order valence-corrected chi connectivity index (χ2v) is 8.24. The van der Waals surface area contributed by atoms with Gasteiger partial charge in [0.05, 0.1) is 18.9 Å². The van der Waals surface area contributed by atoms with Crippen LogP contribution >= 0.6 is 0 Å². The van der Waals surface area contributed by atoms with Crippen LogP contribution in [0.25, 0.3) is 11.3 Å². The number of ether oxygens (including phenoxy) is 2. The van der Waals surface area contributed by atoms with Crippen molar-refractivity contribution < 1.29 is 14.3 Å². The van der Waals surface area contributed by atoms with Gasteiger partial charge in [-0.1, -0.05) is 25.0 Å². The van der Waals surface area contributed by atoms with Crippen molar-refractivity contribution in [2.75, 3.05) is 36.5 Å². The number of carbonyl (C=O) groups is 1. The second kappa shape index (κ2) is 11.5. The summed E-state index contributed by atoms with van der Waals surface area (Å²) in [5.41, 5.74) is 2.97. The van der Waals surface area contributed by atoms with Crippen LogP contribution in [-0.4, -0.2) is 42.4 Å². The molecule has 1 saturated heterocycles. The number of nitrogens with zero attached hydrogens (tertiary/aromatic N) is 3. The van der Waals surface area contributed by atoms with E-state index < -0.39 is 0 Å². The zero-order valence-corrected chi connectivity index (χ0v) is 19.9. The average molecular weight is 461 g/mol. The van der Waals surface area contributed by atoms with E-state index >= 15 is 0 Å². The molecule has 1 aromatic heterocycles. The van der Waals surface area contributed by atoms with Gasteiger partial charge in [-0.2, -0.15) is 0 Å². The minimum Gasteiger partial charge on any atom is -0.490 e. The molecule has 0 bridgehead atoms. The van der Waals surface area contributed by atoms with Crippen molar-refractivity contribution in [3.63, 3.8) is 0 Å². The van der Waals surface area contributed by atoms with E-state index in [2.05, 4.69) is 20.4 Å². The summed E-state index contributed by atoms with van der Waals surface area (Å²) >= 11 is 0. The molecule has 0 radical (unpaired) electrons. The van der Waals surface area contributed by atoms with Crippen LogP contribution in [-0.2, 0) is 0 Å². The van der Waals surface area contributed by atoms with Gasteiger partial charge in [0.1, 0.15) is 0 Å². The van der Waals surface area contributed by atoms with Crippen molar-refractivity contribution in [3.05, 3.63) is 60.2 Å². The number of carbonyl (C=O) groups excluding carboxylic acids is 1. The standard InChI is InChI=1S/C27H32N4O3/c1-3-33-24-15-11-21(19-25(24)34-4-2)27(32)28-22-12-9-20(10-13-22)23-14-16-26(30-29-23)31-17-7-5-6-8-18-31/h9-16,19H,3-8,17-18H2,1-2H3,(H,28,32). The van der Waals surface area contributed by atoms with Crippen LogP contribution in [0.5, 0.6) is 11.5 Å². The molecule has 7 nitrogen and oxygen atoms in total. The summed E-state index contributed by atoms with van der Waals surface area (Å²) in [5.74, 6) is 1.93. The molecule has 4 rings (SSSR count). The van der Waals surface area contributed by atoms with E-state index in [1.807, 2.05) is 50.2 Å². The Kier molecular flexibility index (Phi) is 7.96. The highest BCUT2D eigenvalue weighted by Gasteiger charge is 2.14. The SMILES string of the molecule is CCOc1ccc(C(=O)Nc2ccc(-c3ccc(N4CCCCCC4)nn3)cc2)cc1OCC. The molecule has 0 spiro atoms. The van der Waals surface area contributed by atoms with Gasteiger partial charge in [0.25, 0.3) is 5.91 Å². The molecule has 2 aromatic carbocycles. The molecule has 0 atom stereocenters. The normalized spacial score (nSPS) is 13.8. The average Bonchev–Trinajstić information content (AvgIpc) is 3.16. The number of hydrogen-bond donors (Lipinski definition) is 1. The smallest absolute Gasteiger partial charge is 0.255 e. The minimum absolute atomic E-state index is 0.210. The van der Waals surface area contributed by atoms with Gasteiger partial charge in [-0.3, -0.25) is 4.79 Å². The van der Waals surface area contributed by atoms with E-state index in [9.17, 15) is 4.79 Å². The highest BCUT2D eigenvalue weighted by molar-refractivity contribution is 6.04. The molecule has 34 heavy (non-hydrogen) atoms. The first-order valence-electron chi connectivity index (χ1n) is 12.1. The lowest BCUT2D eigenvalue weighted by Crippen LogP contribution is -2.25. The van der Waals surface area contributed by atoms with Crippen molar-refractivity contribution >= 4 is 17.4 Å². The predicted octanol–water partition coefficient (Wildman–Crippen LogP) is 5.57. The Labute approximate surface area is 201 Å². The summed E-state index contributed by atoms with van der Waals surface area (Å²) in [7, 11) is 0. The number of nitrogens with one attached hydrogen (secondary N) is 1. The Morgan fingerprint density at radius 2 is 1.56 bits per heavy atom. The Balaban J connectivity index is 1.41. The molecule has 2 heterocycles. The van der Waals surface area contributed by atoms with Crippen LogP contribution in [0.1, 0.15) is 49.9 Å². The molecule has 0 aliphatic carbocycles. The highest BCUT2D eigenvalue weighted by Crippen LogP contribution is 2.29. The number of hydrogen-bond acceptors (Lipinski definition) is 6. The van der Waals surface area contributed by atoms with Gasteiger partial charge in [0.2, 0.25) is 0 Å². The maximum absolute atomic E-state index is 12.8. The zero-order chi connectivity index (χ0) is 23.8. The van der Waals surface area contributed by atoms with Crippen molar-refractivity contribution in [1.29, 1.82) is 0 Å². The van der Waals surface area contributed by atoms with E-state index in [0.29, 0.717) is 36.0 Å². The lowest BCUT2D eigenvalue weighted by molar-refractivity contribution is 0.102. The Morgan fingerprint density at radius 3 is 2.21 bits per heavy atom. The van der Waals surface area contributed by atoms with Crippen molar-refractivity contribution in [1.82, 2.24) is 10.2 Å². The van der Waals surface area contributed by atoms with Crippen LogP contribution in [0.15, 0.2) is 54.6 Å². The van der Waals surface area contributed by atoms with Gasteiger partial charge in [-0.05, 0) is 69.2 Å². The summed E-state index contributed by atoms with van der Waals surface area (Å²) in [6.07, 6.45) is 4.99. The fourth-order valence-corrected chi connectivity index (χ4v) is 4.07. The van der Waals surface area contributed by atoms with Gasteiger partial charge in [-0.25, -0.2) is 0 Å². The monoisotopic (exact) mass is 460 g/mol. The Bertz CT molecular complexity index is 1080. The number of amides is 1. The van der Waals surface area contributed by atoms with E-state index in [1.165, 1.54) is 25.7 Å². The second-order valence-electron chi connectivity index (χ2n) is 8.24. The van der Waals surface area contributed by atoms with Crippen LogP contribution in [0.3, 0.4) is 0 Å². The van der Waals surface area contributed by atoms with E-state index in [4.69, 9.17) is 9.47 Å². The molecule has 0 saturated carbocycles. The van der Waals surface area contributed by atoms with Gasteiger partial charge in [-0.15, -0.1) is 10.2 Å². The van der Waals surface area contributed by atoms with Crippen molar-refractivity contribution in [2.45, 2.75) is 39.5 Å². The van der Waals surface area contributed by atoms with Crippen LogP contribution in [0.4, 0.5) is 11.5 Å². The summed E-state index contributed by atoms with van der Waals surface area (Å²) in [6.45, 7) is 6.93. The summed E-state index contributed by atoms with van der Waals surface area (Å²) in [5, 5.41) is 11.8. The molecule has 1 amide bonds. The Hall–Kier alpha value is -3.61. The molecule has 0 unspecified atom stereocenters. The van der Waals surface area contributed by atoms with Gasteiger partial charge in [0.15, 0.2) is 17.3 Å². The number of anilines is 2. The fourth-order valence-electron chi connectivity index (χ4n) is 4.07. The first-order valence-corrected chi connectivity index (χ1v) is 12.1. The largest absolute Gasteiger partial charge is 0.490 e. The van der Waals surface area contributed by atoms with Crippen LogP contribution in [0.2, 0.25) is 0 Å². The highest BCUT2D eigenvalue weighted by atomic mass is 16.5. The van der Waals surface area contributed by atoms with Gasteiger partial charge >= 0.3 is 0 Å². The first-order chi connectivity index (χ1) is 16.7. The topological polar surface area (TPSA) is 76.6 Å². The van der Waals surface area contributed by atoms with Crippen molar-refractivity contribution in [3.8, 4) is 22.8 Å². The summed E-state index contributed by atoms with van der Waals surface area (Å²) in [4.78, 5) is 15.1. The lowest BCUT2D eigenvalue weighted by Gasteiger charge is -2.20. The maximum atomic E-state index is 12.8. The van der Waals surface area contributed by atoms with E-state index in [-0.39, 0.29) is 5.91 Å². The molecule has 178 valence electrons. The van der Waals surface area contributed by atoms with Crippen LogP contribution in [0, 0.1) is 0 Å². The lowest BCUT2D eigenvalue weighted by atomic mass is 10.1. The maximum Gasteiger partial charge on any atom is 0.255 e. The third-order valence-corrected chi connectivity index (χ3v) is 5.82. The third kappa shape index (κ3) is 5.84. The number of aromatic nitrogens is 2. The molecule has 7 heteroatoms. The van der Waals surface area contributed by atoms with E-state index in [0.717, 1.165) is 30.2 Å². The van der Waals surface area contributed by atoms with Gasteiger partial charge in [0, 0.05) is 29.9 Å². The summed E-state index contributed by atoms with van der Waals surface area (Å²) in [6, 6.07) is 16.9. The van der Waals surface area contributed by atoms with Crippen molar-refractivity contribution in [2.24, 2.45) is 0 Å². The minimum atomic E-state index is -0.210. The predicted molar refractivity (Wildman–Crippen MR) is 135 cm³/mol. The molecule has 1 aliphatic heterocycles. The third-order valence-electron chi connectivity index (χ3n) is 5.82. The Morgan fingerprint density at radius 1 is 0.853 bits per heavy atom. The molecule has 1 fully saturated rings. The quantitative estimate of drug-likeness (QED) is 0.473. The van der Waals surface area contributed by atoms with Gasteiger partial charge < -0.3 is 19.7 Å².